The fourth-order valence-corrected chi connectivity index (χ4v) is 3.38. The molecule has 26 heavy (non-hydrogen) atoms. The highest BCUT2D eigenvalue weighted by atomic mass is 35.5. The number of hydrogen-bond acceptors (Lipinski definition) is 2. The molecule has 3 nitrogen and oxygen atoms in total. The van der Waals surface area contributed by atoms with Crippen LogP contribution in [0.4, 0.5) is 8.78 Å². The molecule has 0 saturated carbocycles. The lowest BCUT2D eigenvalue weighted by molar-refractivity contribution is -0.134. The van der Waals surface area contributed by atoms with E-state index in [4.69, 9.17) is 0 Å². The minimum absolute atomic E-state index is 0. The number of nitrogens with one attached hydrogen (secondary N) is 1. The molecule has 1 fully saturated rings. The summed E-state index contributed by atoms with van der Waals surface area (Å²) in [5, 5.41) is 3.26. The topological polar surface area (TPSA) is 32.3 Å². The van der Waals surface area contributed by atoms with Crippen molar-refractivity contribution in [3.8, 4) is 0 Å². The second kappa shape index (κ2) is 9.10. The second-order valence-corrected chi connectivity index (χ2v) is 6.49. The Morgan fingerprint density at radius 2 is 2.00 bits per heavy atom. The number of hydrogen-bond donors (Lipinski definition) is 1. The van der Waals surface area contributed by atoms with Crippen LogP contribution in [0, 0.1) is 11.6 Å². The maximum atomic E-state index is 13.9. The molecule has 3 rings (SSSR count). The summed E-state index contributed by atoms with van der Waals surface area (Å²) in [6.07, 6.45) is 0.229. The van der Waals surface area contributed by atoms with E-state index in [0.29, 0.717) is 25.2 Å². The summed E-state index contributed by atoms with van der Waals surface area (Å²) in [4.78, 5) is 14.6. The third-order valence-corrected chi connectivity index (χ3v) is 4.71. The smallest absolute Gasteiger partial charge is 0.223 e. The summed E-state index contributed by atoms with van der Waals surface area (Å²) in [5.74, 6) is -0.844. The summed E-state index contributed by atoms with van der Waals surface area (Å²) >= 11 is 0. The Labute approximate surface area is 158 Å². The lowest BCUT2D eigenvalue weighted by Gasteiger charge is -2.37. The van der Waals surface area contributed by atoms with E-state index in [1.54, 1.807) is 29.2 Å². The van der Waals surface area contributed by atoms with Gasteiger partial charge in [-0.25, -0.2) is 8.78 Å². The third kappa shape index (κ3) is 4.59. The van der Waals surface area contributed by atoms with Crippen LogP contribution in [-0.2, 0) is 4.79 Å². The molecule has 2 atom stereocenters. The van der Waals surface area contributed by atoms with Crippen molar-refractivity contribution in [2.75, 3.05) is 19.6 Å². The molecule has 2 aromatic carbocycles. The first-order valence-corrected chi connectivity index (χ1v) is 8.56. The van der Waals surface area contributed by atoms with Gasteiger partial charge in [0.25, 0.3) is 0 Å². The number of carbonyl (C=O) groups is 1. The van der Waals surface area contributed by atoms with E-state index >= 15 is 0 Å². The first-order chi connectivity index (χ1) is 12.1. The quantitative estimate of drug-likeness (QED) is 0.867. The Morgan fingerprint density at radius 3 is 2.73 bits per heavy atom. The summed E-state index contributed by atoms with van der Waals surface area (Å²) < 4.78 is 27.5. The van der Waals surface area contributed by atoms with Gasteiger partial charge in [-0.1, -0.05) is 37.3 Å². The van der Waals surface area contributed by atoms with Crippen molar-refractivity contribution in [3.63, 3.8) is 0 Å². The van der Waals surface area contributed by atoms with Gasteiger partial charge in [0.05, 0.1) is 6.04 Å². The van der Waals surface area contributed by atoms with Crippen LogP contribution in [0.25, 0.3) is 0 Å². The van der Waals surface area contributed by atoms with E-state index in [1.807, 2.05) is 13.0 Å². The normalized spacial score (nSPS) is 18.1. The molecular weight excluding hydrogens is 358 g/mol. The zero-order valence-corrected chi connectivity index (χ0v) is 15.4. The summed E-state index contributed by atoms with van der Waals surface area (Å²) in [7, 11) is 0. The Bertz CT molecular complexity index is 756. The fourth-order valence-electron chi connectivity index (χ4n) is 3.38. The predicted octanol–water partition coefficient (Wildman–Crippen LogP) is 4.05. The van der Waals surface area contributed by atoms with E-state index in [-0.39, 0.29) is 48.3 Å². The van der Waals surface area contributed by atoms with Crippen LogP contribution in [-0.4, -0.2) is 30.4 Å². The molecule has 1 saturated heterocycles. The van der Waals surface area contributed by atoms with Crippen molar-refractivity contribution < 1.29 is 13.6 Å². The van der Waals surface area contributed by atoms with Gasteiger partial charge in [0.2, 0.25) is 5.91 Å². The van der Waals surface area contributed by atoms with Gasteiger partial charge in [0, 0.05) is 26.1 Å². The van der Waals surface area contributed by atoms with Crippen LogP contribution in [0.1, 0.15) is 36.4 Å². The Hall–Kier alpha value is -1.98. The largest absolute Gasteiger partial charge is 0.333 e. The van der Waals surface area contributed by atoms with Crippen LogP contribution in [0.5, 0.6) is 0 Å². The number of nitrogens with zero attached hydrogens (tertiary/aromatic N) is 1. The van der Waals surface area contributed by atoms with E-state index in [2.05, 4.69) is 5.32 Å². The molecular formula is C20H23ClF2N2O. The maximum absolute atomic E-state index is 13.9. The van der Waals surface area contributed by atoms with Crippen LogP contribution in [0.2, 0.25) is 0 Å². The van der Waals surface area contributed by atoms with Gasteiger partial charge < -0.3 is 10.2 Å². The highest BCUT2D eigenvalue weighted by molar-refractivity contribution is 5.85. The summed E-state index contributed by atoms with van der Waals surface area (Å²) in [6.45, 7) is 3.70. The van der Waals surface area contributed by atoms with Crippen LogP contribution in [0.15, 0.2) is 48.5 Å². The number of rotatable bonds is 4. The van der Waals surface area contributed by atoms with Crippen molar-refractivity contribution in [2.24, 2.45) is 0 Å². The summed E-state index contributed by atoms with van der Waals surface area (Å²) in [6, 6.07) is 12.7. The zero-order chi connectivity index (χ0) is 17.8. The average molecular weight is 381 g/mol. The molecule has 0 aromatic heterocycles. The molecule has 1 N–H and O–H groups in total. The SMILES string of the molecule is CC(CC(=O)N1CCNCC1c1cccc(F)c1)c1ccccc1F.Cl. The lowest BCUT2D eigenvalue weighted by Crippen LogP contribution is -2.48. The number of halogens is 3. The number of benzene rings is 2. The first kappa shape index (κ1) is 20.3. The van der Waals surface area contributed by atoms with Gasteiger partial charge in [-0.2, -0.15) is 0 Å². The average Bonchev–Trinajstić information content (AvgIpc) is 2.62. The molecule has 1 aliphatic heterocycles. The Kier molecular flexibility index (Phi) is 7.12. The highest BCUT2D eigenvalue weighted by Gasteiger charge is 2.29. The molecule has 6 heteroatoms. The third-order valence-electron chi connectivity index (χ3n) is 4.71. The van der Waals surface area contributed by atoms with Gasteiger partial charge in [-0.15, -0.1) is 12.4 Å². The van der Waals surface area contributed by atoms with Crippen molar-refractivity contribution in [1.82, 2.24) is 10.2 Å². The van der Waals surface area contributed by atoms with Crippen LogP contribution in [0.3, 0.4) is 0 Å². The van der Waals surface area contributed by atoms with Crippen molar-refractivity contribution >= 4 is 18.3 Å². The zero-order valence-electron chi connectivity index (χ0n) is 14.6. The molecule has 0 aliphatic carbocycles. The molecule has 1 amide bonds. The molecule has 1 heterocycles. The monoisotopic (exact) mass is 380 g/mol. The minimum Gasteiger partial charge on any atom is -0.333 e. The van der Waals surface area contributed by atoms with Gasteiger partial charge in [0.15, 0.2) is 0 Å². The van der Waals surface area contributed by atoms with Crippen LogP contribution < -0.4 is 5.32 Å². The van der Waals surface area contributed by atoms with Gasteiger partial charge in [-0.05, 0) is 35.2 Å². The maximum Gasteiger partial charge on any atom is 0.223 e. The van der Waals surface area contributed by atoms with E-state index < -0.39 is 0 Å². The molecule has 0 radical (unpaired) electrons. The molecule has 0 spiro atoms. The van der Waals surface area contributed by atoms with Gasteiger partial charge >= 0.3 is 0 Å². The number of carbonyl (C=O) groups excluding carboxylic acids is 1. The first-order valence-electron chi connectivity index (χ1n) is 8.56. The Balaban J connectivity index is 0.00000243. The second-order valence-electron chi connectivity index (χ2n) is 6.49. The predicted molar refractivity (Wildman–Crippen MR) is 100 cm³/mol. The standard InChI is InChI=1S/C20H22F2N2O.ClH/c1-14(17-7-2-3-8-18(17)22)11-20(25)24-10-9-23-13-19(24)15-5-4-6-16(21)12-15;/h2-8,12,14,19,23H,9-11,13H2,1H3;1H. The fraction of sp³-hybridized carbons (Fsp3) is 0.350. The minimum atomic E-state index is -0.310. The van der Waals surface area contributed by atoms with Crippen molar-refractivity contribution in [2.45, 2.75) is 25.3 Å². The summed E-state index contributed by atoms with van der Waals surface area (Å²) in [5.41, 5.74) is 1.33. The number of piperazine rings is 1. The van der Waals surface area contributed by atoms with Crippen LogP contribution >= 0.6 is 12.4 Å². The highest BCUT2D eigenvalue weighted by Crippen LogP contribution is 2.27. The molecule has 2 aromatic rings. The molecule has 0 bridgehead atoms. The van der Waals surface area contributed by atoms with Gasteiger partial charge in [-0.3, -0.25) is 4.79 Å². The van der Waals surface area contributed by atoms with Gasteiger partial charge in [0.1, 0.15) is 11.6 Å². The molecule has 140 valence electrons. The van der Waals surface area contributed by atoms with Crippen molar-refractivity contribution in [1.29, 1.82) is 0 Å². The van der Waals surface area contributed by atoms with E-state index in [0.717, 1.165) is 5.56 Å². The number of amides is 1. The molecule has 1 aliphatic rings. The Morgan fingerprint density at radius 1 is 1.23 bits per heavy atom. The van der Waals surface area contributed by atoms with Crippen molar-refractivity contribution in [3.05, 3.63) is 71.3 Å². The van der Waals surface area contributed by atoms with E-state index in [1.165, 1.54) is 18.2 Å². The molecule has 2 unspecified atom stereocenters. The van der Waals surface area contributed by atoms with E-state index in [9.17, 15) is 13.6 Å². The lowest BCUT2D eigenvalue weighted by atomic mass is 9.95.